The van der Waals surface area contributed by atoms with E-state index in [1.807, 2.05) is 6.07 Å². The molecule has 3 unspecified atom stereocenters. The molecule has 1 fully saturated rings. The van der Waals surface area contributed by atoms with E-state index in [0.717, 1.165) is 28.6 Å². The minimum atomic E-state index is -1.63. The van der Waals surface area contributed by atoms with Gasteiger partial charge in [0.2, 0.25) is 0 Å². The SMILES string of the molecule is N#Cc1cnc(S[C@H]2OC(CO)[C@H](O)C(n3cc(-c4cc(F)c(F)c(F)c4)nn3)C2O)cc1Cl. The highest BCUT2D eigenvalue weighted by Gasteiger charge is 2.46. The molecule has 1 aliphatic rings. The number of hydrogen-bond donors (Lipinski definition) is 3. The lowest BCUT2D eigenvalue weighted by Gasteiger charge is -2.41. The van der Waals surface area contributed by atoms with Gasteiger partial charge in [-0.2, -0.15) is 5.26 Å². The number of aromatic nitrogens is 4. The summed E-state index contributed by atoms with van der Waals surface area (Å²) in [4.78, 5) is 4.08. The Kier molecular flexibility index (Phi) is 7.08. The van der Waals surface area contributed by atoms with Crippen LogP contribution in [0.5, 0.6) is 0 Å². The summed E-state index contributed by atoms with van der Waals surface area (Å²) in [7, 11) is 0. The molecule has 1 saturated heterocycles. The molecule has 3 N–H and O–H groups in total. The summed E-state index contributed by atoms with van der Waals surface area (Å²) in [5.41, 5.74) is -1.06. The van der Waals surface area contributed by atoms with Crippen molar-refractivity contribution in [3.05, 3.63) is 58.6 Å². The smallest absolute Gasteiger partial charge is 0.194 e. The molecule has 3 aromatic rings. The summed E-state index contributed by atoms with van der Waals surface area (Å²) in [6.45, 7) is -0.598. The van der Waals surface area contributed by atoms with Crippen LogP contribution >= 0.6 is 23.4 Å². The summed E-state index contributed by atoms with van der Waals surface area (Å²) in [5, 5.41) is 48.3. The number of pyridine rings is 1. The van der Waals surface area contributed by atoms with E-state index in [9.17, 15) is 28.5 Å². The van der Waals surface area contributed by atoms with Gasteiger partial charge < -0.3 is 20.1 Å². The number of rotatable bonds is 5. The molecule has 0 bridgehead atoms. The van der Waals surface area contributed by atoms with Crippen LogP contribution in [0.4, 0.5) is 13.2 Å². The summed E-state index contributed by atoms with van der Waals surface area (Å²) >= 11 is 6.95. The minimum absolute atomic E-state index is 0.0472. The van der Waals surface area contributed by atoms with Gasteiger partial charge in [-0.05, 0) is 18.2 Å². The van der Waals surface area contributed by atoms with Gasteiger partial charge in [0.05, 0.1) is 23.4 Å². The van der Waals surface area contributed by atoms with Crippen LogP contribution in [-0.4, -0.2) is 65.7 Å². The number of benzene rings is 1. The lowest BCUT2D eigenvalue weighted by molar-refractivity contribution is -0.178. The van der Waals surface area contributed by atoms with Crippen LogP contribution in [0.1, 0.15) is 11.6 Å². The Morgan fingerprint density at radius 2 is 1.88 bits per heavy atom. The number of nitrogens with zero attached hydrogens (tertiary/aromatic N) is 5. The number of nitriles is 1. The number of thioether (sulfide) groups is 1. The quantitative estimate of drug-likeness (QED) is 0.438. The Bertz CT molecular complexity index is 1240. The predicted octanol–water partition coefficient (Wildman–Crippen LogP) is 2.05. The molecule has 9 nitrogen and oxygen atoms in total. The first-order valence-corrected chi connectivity index (χ1v) is 10.9. The van der Waals surface area contributed by atoms with Gasteiger partial charge in [0, 0.05) is 11.8 Å². The van der Waals surface area contributed by atoms with Crippen molar-refractivity contribution in [3.8, 4) is 17.3 Å². The van der Waals surface area contributed by atoms with Crippen molar-refractivity contribution in [2.45, 2.75) is 34.8 Å². The molecule has 1 aliphatic heterocycles. The Morgan fingerprint density at radius 1 is 1.18 bits per heavy atom. The van der Waals surface area contributed by atoms with Crippen molar-refractivity contribution < 1.29 is 33.2 Å². The van der Waals surface area contributed by atoms with Gasteiger partial charge in [-0.15, -0.1) is 5.10 Å². The first-order valence-electron chi connectivity index (χ1n) is 9.65. The van der Waals surface area contributed by atoms with Gasteiger partial charge in [0.25, 0.3) is 0 Å². The van der Waals surface area contributed by atoms with Crippen molar-refractivity contribution >= 4 is 23.4 Å². The maximum atomic E-state index is 13.6. The maximum Gasteiger partial charge on any atom is 0.194 e. The largest absolute Gasteiger partial charge is 0.394 e. The van der Waals surface area contributed by atoms with Gasteiger partial charge in [0.15, 0.2) is 17.5 Å². The van der Waals surface area contributed by atoms with Crippen LogP contribution in [0.3, 0.4) is 0 Å². The highest BCUT2D eigenvalue weighted by molar-refractivity contribution is 7.99. The van der Waals surface area contributed by atoms with E-state index in [0.29, 0.717) is 5.03 Å². The third-order valence-corrected chi connectivity index (χ3v) is 6.53. The summed E-state index contributed by atoms with van der Waals surface area (Å²) in [6, 6.07) is 3.56. The average molecular weight is 514 g/mol. The van der Waals surface area contributed by atoms with E-state index in [2.05, 4.69) is 15.3 Å². The molecule has 2 aromatic heterocycles. The Labute approximate surface area is 199 Å². The molecule has 14 heteroatoms. The van der Waals surface area contributed by atoms with Crippen LogP contribution in [0, 0.1) is 28.8 Å². The second-order valence-corrected chi connectivity index (χ2v) is 8.79. The van der Waals surface area contributed by atoms with Crippen LogP contribution in [0.15, 0.2) is 35.6 Å². The van der Waals surface area contributed by atoms with Crippen LogP contribution in [-0.2, 0) is 4.74 Å². The molecule has 34 heavy (non-hydrogen) atoms. The van der Waals surface area contributed by atoms with Crippen LogP contribution < -0.4 is 0 Å². The molecule has 178 valence electrons. The lowest BCUT2D eigenvalue weighted by atomic mass is 9.97. The van der Waals surface area contributed by atoms with Crippen molar-refractivity contribution in [2.24, 2.45) is 0 Å². The molecule has 1 aromatic carbocycles. The van der Waals surface area contributed by atoms with Gasteiger partial charge in [-0.25, -0.2) is 22.8 Å². The average Bonchev–Trinajstić information content (AvgIpc) is 3.29. The normalized spacial score (nSPS) is 24.7. The van der Waals surface area contributed by atoms with E-state index in [-0.39, 0.29) is 21.8 Å². The van der Waals surface area contributed by atoms with E-state index in [1.54, 1.807) is 0 Å². The van der Waals surface area contributed by atoms with Gasteiger partial charge in [0.1, 0.15) is 46.6 Å². The fourth-order valence-electron chi connectivity index (χ4n) is 3.41. The lowest BCUT2D eigenvalue weighted by Crippen LogP contribution is -2.55. The molecule has 0 amide bonds. The Morgan fingerprint density at radius 3 is 2.50 bits per heavy atom. The van der Waals surface area contributed by atoms with Crippen molar-refractivity contribution in [3.63, 3.8) is 0 Å². The molecule has 0 spiro atoms. The van der Waals surface area contributed by atoms with Gasteiger partial charge in [-0.3, -0.25) is 0 Å². The fraction of sp³-hybridized carbons (Fsp3) is 0.300. The maximum absolute atomic E-state index is 13.6. The topological polar surface area (TPSA) is 137 Å². The number of ether oxygens (including phenoxy) is 1. The molecule has 4 rings (SSSR count). The monoisotopic (exact) mass is 513 g/mol. The number of halogens is 4. The van der Waals surface area contributed by atoms with Gasteiger partial charge in [-0.1, -0.05) is 28.6 Å². The molecule has 0 saturated carbocycles. The third kappa shape index (κ3) is 4.61. The standard InChI is InChI=1S/C20H15ClF3N5O4S/c21-10-3-15(26-5-9(10)4-25)34-20-19(32)17(18(31)14(7-30)33-20)29-6-13(27-28-29)8-1-11(22)16(24)12(23)2-8/h1-3,5-6,14,17-20,30-32H,7H2/t14?,17?,18-,19?,20+/m0/s1. The summed E-state index contributed by atoms with van der Waals surface area (Å²) in [6.07, 6.45) is -1.53. The molecular formula is C20H15ClF3N5O4S. The van der Waals surface area contributed by atoms with Crippen molar-refractivity contribution in [2.75, 3.05) is 6.61 Å². The number of aliphatic hydroxyl groups excluding tert-OH is 3. The first-order chi connectivity index (χ1) is 16.2. The zero-order valence-electron chi connectivity index (χ0n) is 16.9. The fourth-order valence-corrected chi connectivity index (χ4v) is 4.71. The summed E-state index contributed by atoms with van der Waals surface area (Å²) in [5.74, 6) is -4.46. The Hall–Kier alpha value is -2.73. The second-order valence-electron chi connectivity index (χ2n) is 7.27. The minimum Gasteiger partial charge on any atom is -0.394 e. The third-order valence-electron chi connectivity index (χ3n) is 5.13. The Balaban J connectivity index is 1.63. The van der Waals surface area contributed by atoms with Crippen LogP contribution in [0.25, 0.3) is 11.3 Å². The molecule has 3 heterocycles. The second kappa shape index (κ2) is 9.87. The van der Waals surface area contributed by atoms with Crippen molar-refractivity contribution in [1.29, 1.82) is 5.26 Å². The van der Waals surface area contributed by atoms with E-state index in [4.69, 9.17) is 21.6 Å². The van der Waals surface area contributed by atoms with E-state index in [1.165, 1.54) is 18.5 Å². The molecule has 0 aliphatic carbocycles. The highest BCUT2D eigenvalue weighted by atomic mass is 35.5. The first kappa shape index (κ1) is 24.4. The van der Waals surface area contributed by atoms with Gasteiger partial charge >= 0.3 is 0 Å². The number of hydrogen-bond acceptors (Lipinski definition) is 9. The van der Waals surface area contributed by atoms with Crippen molar-refractivity contribution in [1.82, 2.24) is 20.0 Å². The van der Waals surface area contributed by atoms with E-state index >= 15 is 0 Å². The summed E-state index contributed by atoms with van der Waals surface area (Å²) < 4.78 is 47.2. The highest BCUT2D eigenvalue weighted by Crippen LogP contribution is 2.38. The predicted molar refractivity (Wildman–Crippen MR) is 112 cm³/mol. The molecule has 0 radical (unpaired) electrons. The van der Waals surface area contributed by atoms with Crippen LogP contribution in [0.2, 0.25) is 5.02 Å². The van der Waals surface area contributed by atoms with E-state index < -0.39 is 53.8 Å². The zero-order chi connectivity index (χ0) is 24.6. The molecule has 5 atom stereocenters. The zero-order valence-corrected chi connectivity index (χ0v) is 18.5. The molecular weight excluding hydrogens is 499 g/mol. The number of aliphatic hydroxyl groups is 3.